The number of nitrogens with zero attached hydrogens (tertiary/aromatic N) is 2. The number of hydrogen-bond acceptors (Lipinski definition) is 2. The maximum atomic E-state index is 13.3. The van der Waals surface area contributed by atoms with Crippen molar-refractivity contribution in [2.24, 2.45) is 4.99 Å². The van der Waals surface area contributed by atoms with E-state index in [9.17, 15) is 4.39 Å². The van der Waals surface area contributed by atoms with E-state index in [2.05, 4.69) is 37.0 Å². The van der Waals surface area contributed by atoms with Gasteiger partial charge in [-0.2, -0.15) is 0 Å². The van der Waals surface area contributed by atoms with Crippen LogP contribution in [0.1, 0.15) is 30.5 Å². The van der Waals surface area contributed by atoms with Gasteiger partial charge in [0.05, 0.1) is 16.8 Å². The molecule has 0 saturated heterocycles. The molecule has 0 unspecified atom stereocenters. The Bertz CT molecular complexity index is 941. The van der Waals surface area contributed by atoms with E-state index in [1.165, 1.54) is 17.7 Å². The second kappa shape index (κ2) is 4.98. The van der Waals surface area contributed by atoms with Crippen LogP contribution in [-0.4, -0.2) is 16.2 Å². The first-order valence-electron chi connectivity index (χ1n) is 7.76. The van der Waals surface area contributed by atoms with Crippen LogP contribution in [0.2, 0.25) is 0 Å². The molecule has 23 heavy (non-hydrogen) atoms. The van der Waals surface area contributed by atoms with Gasteiger partial charge in [-0.05, 0) is 44.0 Å². The summed E-state index contributed by atoms with van der Waals surface area (Å²) in [4.78, 5) is 9.37. The van der Waals surface area contributed by atoms with Crippen molar-refractivity contribution in [3.05, 3.63) is 77.2 Å². The highest BCUT2D eigenvalue weighted by molar-refractivity contribution is 6.15. The molecule has 0 aliphatic carbocycles. The van der Waals surface area contributed by atoms with E-state index >= 15 is 0 Å². The summed E-state index contributed by atoms with van der Waals surface area (Å²) < 4.78 is 13.3. The lowest BCUT2D eigenvalue weighted by Crippen LogP contribution is -2.29. The van der Waals surface area contributed by atoms with Crippen molar-refractivity contribution in [2.45, 2.75) is 25.8 Å². The van der Waals surface area contributed by atoms with Crippen LogP contribution in [0.4, 0.5) is 4.39 Å². The van der Waals surface area contributed by atoms with Gasteiger partial charge in [0.1, 0.15) is 5.82 Å². The van der Waals surface area contributed by atoms with Crippen molar-refractivity contribution >= 4 is 16.6 Å². The minimum Gasteiger partial charge on any atom is -0.278 e. The van der Waals surface area contributed by atoms with Gasteiger partial charge in [0.25, 0.3) is 0 Å². The number of hydrogen-bond donors (Lipinski definition) is 0. The van der Waals surface area contributed by atoms with Crippen molar-refractivity contribution in [1.82, 2.24) is 4.98 Å². The normalized spacial score (nSPS) is 16.0. The maximum absolute atomic E-state index is 13.3. The summed E-state index contributed by atoms with van der Waals surface area (Å²) in [5, 5.41) is 0.924. The molecule has 1 aliphatic rings. The highest BCUT2D eigenvalue weighted by atomic mass is 19.1. The summed E-state index contributed by atoms with van der Waals surface area (Å²) in [6, 6.07) is 15.1. The number of fused-ring (bicyclic) bond motifs is 2. The molecule has 4 rings (SSSR count). The average molecular weight is 304 g/mol. The molecular weight excluding hydrogens is 287 g/mol. The van der Waals surface area contributed by atoms with Crippen LogP contribution in [0, 0.1) is 5.82 Å². The first-order chi connectivity index (χ1) is 11.0. The van der Waals surface area contributed by atoms with Gasteiger partial charge in [-0.3, -0.25) is 9.98 Å². The number of rotatable bonds is 1. The quantitative estimate of drug-likeness (QED) is 0.647. The largest absolute Gasteiger partial charge is 0.278 e. The Morgan fingerprint density at radius 3 is 2.74 bits per heavy atom. The summed E-state index contributed by atoms with van der Waals surface area (Å²) in [5.41, 5.74) is 4.94. The fraction of sp³-hybridized carbons (Fsp3) is 0.200. The summed E-state index contributed by atoms with van der Waals surface area (Å²) >= 11 is 0. The standard InChI is InChI=1S/C20H17FN2/c1-20(2)11-14-5-3-4-6-17(14)19(23-20)15-9-13-7-8-16(21)10-18(13)22-12-15/h3-10,12H,11H2,1-2H3. The van der Waals surface area contributed by atoms with E-state index in [-0.39, 0.29) is 11.4 Å². The van der Waals surface area contributed by atoms with E-state index in [0.717, 1.165) is 28.6 Å². The van der Waals surface area contributed by atoms with Crippen molar-refractivity contribution in [2.75, 3.05) is 0 Å². The molecule has 0 atom stereocenters. The molecule has 2 nitrogen and oxygen atoms in total. The Morgan fingerprint density at radius 1 is 1.04 bits per heavy atom. The van der Waals surface area contributed by atoms with Crippen molar-refractivity contribution in [3.8, 4) is 0 Å². The van der Waals surface area contributed by atoms with Gasteiger partial charge in [-0.15, -0.1) is 0 Å². The third-order valence-electron chi connectivity index (χ3n) is 4.23. The van der Waals surface area contributed by atoms with E-state index < -0.39 is 0 Å². The molecule has 1 aromatic heterocycles. The zero-order valence-corrected chi connectivity index (χ0v) is 13.2. The average Bonchev–Trinajstić information content (AvgIpc) is 2.52. The van der Waals surface area contributed by atoms with Crippen LogP contribution < -0.4 is 0 Å². The summed E-state index contributed by atoms with van der Waals surface area (Å²) in [7, 11) is 0. The smallest absolute Gasteiger partial charge is 0.125 e. The van der Waals surface area contributed by atoms with Crippen LogP contribution in [0.25, 0.3) is 10.9 Å². The highest BCUT2D eigenvalue weighted by Crippen LogP contribution is 2.29. The fourth-order valence-electron chi connectivity index (χ4n) is 3.22. The minimum atomic E-state index is -0.265. The summed E-state index contributed by atoms with van der Waals surface area (Å²) in [6.07, 6.45) is 2.72. The lowest BCUT2D eigenvalue weighted by molar-refractivity contribution is 0.513. The molecule has 2 aromatic carbocycles. The molecule has 0 fully saturated rings. The zero-order valence-electron chi connectivity index (χ0n) is 13.2. The Morgan fingerprint density at radius 2 is 1.87 bits per heavy atom. The predicted octanol–water partition coefficient (Wildman–Crippen LogP) is 4.55. The second-order valence-corrected chi connectivity index (χ2v) is 6.67. The summed E-state index contributed by atoms with van der Waals surface area (Å²) in [6.45, 7) is 4.29. The topological polar surface area (TPSA) is 25.2 Å². The van der Waals surface area contributed by atoms with Crippen LogP contribution >= 0.6 is 0 Å². The summed E-state index contributed by atoms with van der Waals surface area (Å²) in [5.74, 6) is -0.265. The van der Waals surface area contributed by atoms with E-state index in [1.54, 1.807) is 12.3 Å². The number of pyridine rings is 1. The molecule has 0 bridgehead atoms. The first kappa shape index (κ1) is 14.1. The Hall–Kier alpha value is -2.55. The van der Waals surface area contributed by atoms with Crippen molar-refractivity contribution in [1.29, 1.82) is 0 Å². The molecule has 3 heteroatoms. The van der Waals surface area contributed by atoms with Gasteiger partial charge < -0.3 is 0 Å². The third kappa shape index (κ3) is 2.52. The van der Waals surface area contributed by atoms with E-state index in [0.29, 0.717) is 5.52 Å². The molecule has 114 valence electrons. The maximum Gasteiger partial charge on any atom is 0.125 e. The van der Waals surface area contributed by atoms with Gasteiger partial charge in [0, 0.05) is 28.8 Å². The minimum absolute atomic E-state index is 0.137. The molecule has 0 radical (unpaired) electrons. The third-order valence-corrected chi connectivity index (χ3v) is 4.23. The number of benzene rings is 2. The second-order valence-electron chi connectivity index (χ2n) is 6.67. The number of aliphatic imine (C=N–C) groups is 1. The van der Waals surface area contributed by atoms with Crippen LogP contribution in [-0.2, 0) is 6.42 Å². The molecule has 0 N–H and O–H groups in total. The monoisotopic (exact) mass is 304 g/mol. The van der Waals surface area contributed by atoms with Crippen molar-refractivity contribution in [3.63, 3.8) is 0 Å². The zero-order chi connectivity index (χ0) is 16.0. The van der Waals surface area contributed by atoms with E-state index in [4.69, 9.17) is 4.99 Å². The molecule has 0 spiro atoms. The molecule has 0 amide bonds. The predicted molar refractivity (Wildman–Crippen MR) is 91.6 cm³/mol. The lowest BCUT2D eigenvalue weighted by Gasteiger charge is -2.29. The highest BCUT2D eigenvalue weighted by Gasteiger charge is 2.27. The van der Waals surface area contributed by atoms with Crippen LogP contribution in [0.5, 0.6) is 0 Å². The van der Waals surface area contributed by atoms with E-state index in [1.807, 2.05) is 12.1 Å². The van der Waals surface area contributed by atoms with Crippen molar-refractivity contribution < 1.29 is 4.39 Å². The van der Waals surface area contributed by atoms with Gasteiger partial charge in [-0.25, -0.2) is 4.39 Å². The molecule has 3 aromatic rings. The molecule has 0 saturated carbocycles. The lowest BCUT2D eigenvalue weighted by atomic mass is 9.85. The Balaban J connectivity index is 1.91. The number of aromatic nitrogens is 1. The van der Waals surface area contributed by atoms with Crippen LogP contribution in [0.3, 0.4) is 0 Å². The Kier molecular flexibility index (Phi) is 3.05. The van der Waals surface area contributed by atoms with Gasteiger partial charge in [0.2, 0.25) is 0 Å². The van der Waals surface area contributed by atoms with Gasteiger partial charge in [0.15, 0.2) is 0 Å². The van der Waals surface area contributed by atoms with Gasteiger partial charge >= 0.3 is 0 Å². The molecular formula is C20H17FN2. The fourth-order valence-corrected chi connectivity index (χ4v) is 3.22. The SMILES string of the molecule is CC1(C)Cc2ccccc2C(c2cnc3cc(F)ccc3c2)=N1. The number of halogens is 1. The molecule has 1 aliphatic heterocycles. The Labute approximate surface area is 134 Å². The molecule has 2 heterocycles. The van der Waals surface area contributed by atoms with Crippen LogP contribution in [0.15, 0.2) is 59.7 Å². The van der Waals surface area contributed by atoms with Gasteiger partial charge in [-0.1, -0.05) is 24.3 Å². The first-order valence-corrected chi connectivity index (χ1v) is 7.76.